The molecular weight excluding hydrogens is 332 g/mol. The maximum atomic E-state index is 12.0. The van der Waals surface area contributed by atoms with E-state index >= 15 is 0 Å². The Hall–Kier alpha value is -3.03. The van der Waals surface area contributed by atoms with Gasteiger partial charge in [-0.2, -0.15) is 5.10 Å². The van der Waals surface area contributed by atoms with E-state index in [1.165, 1.54) is 17.8 Å². The van der Waals surface area contributed by atoms with E-state index in [4.69, 9.17) is 16.8 Å². The maximum Gasteiger partial charge on any atom is 0.271 e. The highest BCUT2D eigenvalue weighted by molar-refractivity contribution is 6.31. The Morgan fingerprint density at radius 2 is 2.08 bits per heavy atom. The molecule has 0 bridgehead atoms. The fourth-order valence-electron chi connectivity index (χ4n) is 1.71. The number of hydrogen-bond acceptors (Lipinski definition) is 5. The van der Waals surface area contributed by atoms with Crippen LogP contribution in [0, 0.1) is 0 Å². The number of benzene rings is 1. The van der Waals surface area contributed by atoms with Gasteiger partial charge in [0, 0.05) is 23.4 Å². The molecule has 0 aliphatic carbocycles. The predicted octanol–water partition coefficient (Wildman–Crippen LogP) is 2.02. The third kappa shape index (κ3) is 5.01. The van der Waals surface area contributed by atoms with E-state index in [2.05, 4.69) is 15.5 Å². The van der Waals surface area contributed by atoms with Crippen LogP contribution in [-0.2, 0) is 4.79 Å². The van der Waals surface area contributed by atoms with Gasteiger partial charge in [-0.25, -0.2) is 15.9 Å². The van der Waals surface area contributed by atoms with Crippen LogP contribution in [-0.4, -0.2) is 28.2 Å². The predicted molar refractivity (Wildman–Crippen MR) is 89.7 cm³/mol. The second-order valence-corrected chi connectivity index (χ2v) is 4.88. The Morgan fingerprint density at radius 3 is 2.83 bits per heavy atom. The summed E-state index contributed by atoms with van der Waals surface area (Å²) in [6.45, 7) is 0. The van der Waals surface area contributed by atoms with Crippen LogP contribution in [0.2, 0.25) is 5.15 Å². The fraction of sp³-hybridized carbons (Fsp3) is 0. The molecule has 0 saturated carbocycles. The van der Waals surface area contributed by atoms with Crippen LogP contribution < -0.4 is 10.9 Å². The van der Waals surface area contributed by atoms with E-state index < -0.39 is 11.8 Å². The molecule has 2 rings (SSSR count). The molecule has 122 valence electrons. The number of hydrazone groups is 1. The van der Waals surface area contributed by atoms with Gasteiger partial charge in [0.25, 0.3) is 11.8 Å². The van der Waals surface area contributed by atoms with Crippen LogP contribution in [0.25, 0.3) is 6.08 Å². The van der Waals surface area contributed by atoms with Gasteiger partial charge in [-0.3, -0.25) is 14.8 Å². The number of hydroxylamine groups is 1. The summed E-state index contributed by atoms with van der Waals surface area (Å²) in [6, 6.07) is 9.95. The Kier molecular flexibility index (Phi) is 6.18. The third-order valence-corrected chi connectivity index (χ3v) is 3.16. The number of nitrogens with one attached hydrogen (secondary N) is 2. The summed E-state index contributed by atoms with van der Waals surface area (Å²) in [5.41, 5.74) is 5.41. The van der Waals surface area contributed by atoms with Crippen molar-refractivity contribution < 1.29 is 14.8 Å². The Bertz CT molecular complexity index is 805. The first-order chi connectivity index (χ1) is 11.6. The van der Waals surface area contributed by atoms with Crippen LogP contribution in [0.3, 0.4) is 0 Å². The smallest absolute Gasteiger partial charge is 0.271 e. The molecule has 0 unspecified atom stereocenters. The van der Waals surface area contributed by atoms with E-state index in [1.54, 1.807) is 42.6 Å². The van der Waals surface area contributed by atoms with Crippen LogP contribution in [0.5, 0.6) is 0 Å². The van der Waals surface area contributed by atoms with Crippen molar-refractivity contribution >= 4 is 35.7 Å². The number of hydrogen-bond donors (Lipinski definition) is 3. The number of rotatable bonds is 5. The fourth-order valence-corrected chi connectivity index (χ4v) is 1.88. The number of carbonyl (C=O) groups is 2. The first-order valence-corrected chi connectivity index (χ1v) is 7.14. The molecule has 0 aliphatic rings. The lowest BCUT2D eigenvalue weighted by Crippen LogP contribution is -2.17. The first kappa shape index (κ1) is 17.3. The van der Waals surface area contributed by atoms with Crippen molar-refractivity contribution in [3.05, 3.63) is 70.5 Å². The van der Waals surface area contributed by atoms with Crippen LogP contribution in [0.1, 0.15) is 21.5 Å². The van der Waals surface area contributed by atoms with E-state index in [1.807, 2.05) is 0 Å². The second-order valence-electron chi connectivity index (χ2n) is 4.52. The topological polar surface area (TPSA) is 104 Å². The zero-order valence-corrected chi connectivity index (χ0v) is 13.1. The van der Waals surface area contributed by atoms with Gasteiger partial charge in [0.15, 0.2) is 0 Å². The molecular formula is C16H13ClN4O3. The molecule has 0 atom stereocenters. The Labute approximate surface area is 142 Å². The number of nitrogens with zero attached hydrogens (tertiary/aromatic N) is 2. The second kappa shape index (κ2) is 8.56. The molecule has 0 aliphatic heterocycles. The van der Waals surface area contributed by atoms with Crippen molar-refractivity contribution in [3.63, 3.8) is 0 Å². The molecule has 3 N–H and O–H groups in total. The molecule has 0 saturated heterocycles. The average Bonchev–Trinajstić information content (AvgIpc) is 2.61. The number of halogens is 1. The van der Waals surface area contributed by atoms with Gasteiger partial charge in [0.1, 0.15) is 5.15 Å². The molecule has 1 aromatic carbocycles. The standard InChI is InChI=1S/C16H13ClN4O3/c17-15-13(5-2-8-18-15)10-19-20-16(23)12-4-1-3-11(9-12)6-7-14(22)21-24/h1-10,24H,(H,20,23)(H,21,22)/b7-6+,19-10+. The summed E-state index contributed by atoms with van der Waals surface area (Å²) >= 11 is 5.88. The van der Waals surface area contributed by atoms with Gasteiger partial charge in [-0.15, -0.1) is 0 Å². The zero-order valence-electron chi connectivity index (χ0n) is 12.3. The number of amides is 2. The molecule has 0 radical (unpaired) electrons. The minimum absolute atomic E-state index is 0.282. The summed E-state index contributed by atoms with van der Waals surface area (Å²) in [7, 11) is 0. The molecule has 2 aromatic rings. The van der Waals surface area contributed by atoms with E-state index in [0.717, 1.165) is 6.08 Å². The first-order valence-electron chi connectivity index (χ1n) is 6.76. The maximum absolute atomic E-state index is 12.0. The van der Waals surface area contributed by atoms with Crippen molar-refractivity contribution in [2.75, 3.05) is 0 Å². The van der Waals surface area contributed by atoms with Crippen molar-refractivity contribution in [3.8, 4) is 0 Å². The Balaban J connectivity index is 2.03. The minimum Gasteiger partial charge on any atom is -0.288 e. The third-order valence-electron chi connectivity index (χ3n) is 2.84. The van der Waals surface area contributed by atoms with Gasteiger partial charge in [0.05, 0.1) is 6.21 Å². The summed E-state index contributed by atoms with van der Waals surface area (Å²) < 4.78 is 0. The average molecular weight is 345 g/mol. The van der Waals surface area contributed by atoms with Gasteiger partial charge in [-0.1, -0.05) is 23.7 Å². The van der Waals surface area contributed by atoms with Crippen LogP contribution in [0.15, 0.2) is 53.8 Å². The normalized spacial score (nSPS) is 10.9. The zero-order chi connectivity index (χ0) is 17.4. The summed E-state index contributed by atoms with van der Waals surface area (Å²) in [5.74, 6) is -1.09. The number of aromatic nitrogens is 1. The highest BCUT2D eigenvalue weighted by Crippen LogP contribution is 2.09. The van der Waals surface area contributed by atoms with Gasteiger partial charge < -0.3 is 0 Å². The van der Waals surface area contributed by atoms with Crippen molar-refractivity contribution in [1.29, 1.82) is 0 Å². The summed E-state index contributed by atoms with van der Waals surface area (Å²) in [6.07, 6.45) is 5.54. The van der Waals surface area contributed by atoms with Gasteiger partial charge in [0.2, 0.25) is 0 Å². The molecule has 1 heterocycles. The Morgan fingerprint density at radius 1 is 1.25 bits per heavy atom. The lowest BCUT2D eigenvalue weighted by atomic mass is 10.1. The van der Waals surface area contributed by atoms with E-state index in [0.29, 0.717) is 16.7 Å². The highest BCUT2D eigenvalue weighted by atomic mass is 35.5. The summed E-state index contributed by atoms with van der Waals surface area (Å²) in [4.78, 5) is 26.9. The lowest BCUT2D eigenvalue weighted by Gasteiger charge is -2.01. The minimum atomic E-state index is -0.664. The lowest BCUT2D eigenvalue weighted by molar-refractivity contribution is -0.124. The molecule has 0 spiro atoms. The van der Waals surface area contributed by atoms with E-state index in [-0.39, 0.29) is 5.15 Å². The van der Waals surface area contributed by atoms with Crippen molar-refractivity contribution in [2.24, 2.45) is 5.10 Å². The quantitative estimate of drug-likeness (QED) is 0.254. The SMILES string of the molecule is O=C(/C=C/c1cccc(C(=O)N/N=C/c2cccnc2Cl)c1)NO. The van der Waals surface area contributed by atoms with Gasteiger partial charge >= 0.3 is 0 Å². The van der Waals surface area contributed by atoms with Crippen molar-refractivity contribution in [1.82, 2.24) is 15.9 Å². The van der Waals surface area contributed by atoms with Crippen LogP contribution >= 0.6 is 11.6 Å². The van der Waals surface area contributed by atoms with Gasteiger partial charge in [-0.05, 0) is 35.9 Å². The van der Waals surface area contributed by atoms with Crippen molar-refractivity contribution in [2.45, 2.75) is 0 Å². The monoisotopic (exact) mass is 344 g/mol. The largest absolute Gasteiger partial charge is 0.288 e. The molecule has 0 fully saturated rings. The molecule has 24 heavy (non-hydrogen) atoms. The number of carbonyl (C=O) groups excluding carboxylic acids is 2. The molecule has 8 heteroatoms. The highest BCUT2D eigenvalue weighted by Gasteiger charge is 2.04. The molecule has 2 amide bonds. The van der Waals surface area contributed by atoms with Crippen LogP contribution in [0.4, 0.5) is 0 Å². The number of pyridine rings is 1. The molecule has 1 aromatic heterocycles. The molecule has 7 nitrogen and oxygen atoms in total. The van der Waals surface area contributed by atoms with E-state index in [9.17, 15) is 9.59 Å². The summed E-state index contributed by atoms with van der Waals surface area (Å²) in [5, 5.41) is 12.5.